The average Bonchev–Trinajstić information content (AvgIpc) is 2.35. The Labute approximate surface area is 120 Å². The van der Waals surface area contributed by atoms with Crippen LogP contribution in [-0.4, -0.2) is 11.0 Å². The summed E-state index contributed by atoms with van der Waals surface area (Å²) < 4.78 is 0.888. The lowest BCUT2D eigenvalue weighted by atomic mass is 10.1. The second-order valence-corrected chi connectivity index (χ2v) is 5.12. The van der Waals surface area contributed by atoms with Gasteiger partial charge in [-0.3, -0.25) is 4.79 Å². The van der Waals surface area contributed by atoms with E-state index in [4.69, 9.17) is 0 Å². The fourth-order valence-electron chi connectivity index (χ4n) is 1.79. The number of rotatable bonds is 3. The Kier molecular flexibility index (Phi) is 4.22. The van der Waals surface area contributed by atoms with E-state index in [1.165, 1.54) is 0 Å². The van der Waals surface area contributed by atoms with Gasteiger partial charge in [0.1, 0.15) is 5.75 Å². The van der Waals surface area contributed by atoms with E-state index in [1.54, 1.807) is 18.2 Å². The molecule has 2 aromatic rings. The molecule has 0 unspecified atom stereocenters. The van der Waals surface area contributed by atoms with Crippen molar-refractivity contribution in [3.05, 3.63) is 58.1 Å². The van der Waals surface area contributed by atoms with Crippen LogP contribution in [0.25, 0.3) is 0 Å². The Hall–Kier alpha value is -1.81. The largest absolute Gasteiger partial charge is 0.508 e. The number of anilines is 1. The predicted molar refractivity (Wildman–Crippen MR) is 79.3 cm³/mol. The van der Waals surface area contributed by atoms with E-state index in [0.29, 0.717) is 0 Å². The minimum atomic E-state index is -0.114. The standard InChI is InChI=1S/C15H14BrNO2/c1-10-4-2-7-13(15(10)16)17-14(19)9-11-5-3-6-12(18)8-11/h2-8,18H,9H2,1H3,(H,17,19). The third-order valence-electron chi connectivity index (χ3n) is 2.74. The number of hydrogen-bond acceptors (Lipinski definition) is 2. The fourth-order valence-corrected chi connectivity index (χ4v) is 2.15. The van der Waals surface area contributed by atoms with Crippen LogP contribution in [0.4, 0.5) is 5.69 Å². The Balaban J connectivity index is 2.08. The second-order valence-electron chi connectivity index (χ2n) is 4.33. The van der Waals surface area contributed by atoms with Gasteiger partial charge in [-0.2, -0.15) is 0 Å². The van der Waals surface area contributed by atoms with E-state index in [9.17, 15) is 9.90 Å². The van der Waals surface area contributed by atoms with Crippen molar-refractivity contribution in [2.75, 3.05) is 5.32 Å². The fraction of sp³-hybridized carbons (Fsp3) is 0.133. The number of phenols is 1. The van der Waals surface area contributed by atoms with E-state index in [-0.39, 0.29) is 18.1 Å². The van der Waals surface area contributed by atoms with E-state index >= 15 is 0 Å². The number of carbonyl (C=O) groups is 1. The molecule has 0 saturated carbocycles. The minimum absolute atomic E-state index is 0.114. The van der Waals surface area contributed by atoms with Crippen molar-refractivity contribution in [1.29, 1.82) is 0 Å². The molecule has 0 saturated heterocycles. The highest BCUT2D eigenvalue weighted by atomic mass is 79.9. The van der Waals surface area contributed by atoms with E-state index in [2.05, 4.69) is 21.2 Å². The lowest BCUT2D eigenvalue weighted by molar-refractivity contribution is -0.115. The van der Waals surface area contributed by atoms with Crippen LogP contribution < -0.4 is 5.32 Å². The molecule has 1 amide bonds. The number of carbonyl (C=O) groups excluding carboxylic acids is 1. The normalized spacial score (nSPS) is 10.2. The van der Waals surface area contributed by atoms with Crippen molar-refractivity contribution in [1.82, 2.24) is 0 Å². The summed E-state index contributed by atoms with van der Waals surface area (Å²) >= 11 is 3.45. The highest BCUT2D eigenvalue weighted by Crippen LogP contribution is 2.25. The molecule has 3 nitrogen and oxygen atoms in total. The number of benzene rings is 2. The van der Waals surface area contributed by atoms with Crippen LogP contribution in [0.1, 0.15) is 11.1 Å². The molecule has 0 radical (unpaired) electrons. The van der Waals surface area contributed by atoms with Crippen LogP contribution in [0, 0.1) is 6.92 Å². The van der Waals surface area contributed by atoms with Crippen molar-refractivity contribution in [3.63, 3.8) is 0 Å². The molecule has 0 spiro atoms. The molecule has 98 valence electrons. The van der Waals surface area contributed by atoms with Crippen molar-refractivity contribution >= 4 is 27.5 Å². The first kappa shape index (κ1) is 13.6. The zero-order valence-electron chi connectivity index (χ0n) is 10.5. The van der Waals surface area contributed by atoms with Gasteiger partial charge in [0, 0.05) is 4.47 Å². The Morgan fingerprint density at radius 1 is 1.26 bits per heavy atom. The molecule has 0 atom stereocenters. The van der Waals surface area contributed by atoms with Crippen LogP contribution in [-0.2, 0) is 11.2 Å². The molecule has 2 aromatic carbocycles. The van der Waals surface area contributed by atoms with Crippen LogP contribution in [0.2, 0.25) is 0 Å². The molecule has 0 heterocycles. The molecule has 2 N–H and O–H groups in total. The molecule has 0 aromatic heterocycles. The maximum absolute atomic E-state index is 11.9. The van der Waals surface area contributed by atoms with Gasteiger partial charge in [-0.15, -0.1) is 0 Å². The lowest BCUT2D eigenvalue weighted by Crippen LogP contribution is -2.14. The molecule has 19 heavy (non-hydrogen) atoms. The van der Waals surface area contributed by atoms with E-state index in [1.807, 2.05) is 31.2 Å². The number of amides is 1. The molecule has 0 aliphatic heterocycles. The predicted octanol–water partition coefficient (Wildman–Crippen LogP) is 3.64. The van der Waals surface area contributed by atoms with Gasteiger partial charge >= 0.3 is 0 Å². The Morgan fingerprint density at radius 3 is 2.74 bits per heavy atom. The first-order valence-electron chi connectivity index (χ1n) is 5.89. The summed E-state index contributed by atoms with van der Waals surface area (Å²) in [5.41, 5.74) is 2.60. The quantitative estimate of drug-likeness (QED) is 0.907. The zero-order chi connectivity index (χ0) is 13.8. The Bertz CT molecular complexity index is 611. The number of nitrogens with one attached hydrogen (secondary N) is 1. The van der Waals surface area contributed by atoms with Crippen molar-refractivity contribution < 1.29 is 9.90 Å². The van der Waals surface area contributed by atoms with Gasteiger partial charge in [-0.05, 0) is 52.2 Å². The van der Waals surface area contributed by atoms with Gasteiger partial charge in [0.25, 0.3) is 0 Å². The molecule has 0 aliphatic rings. The summed E-state index contributed by atoms with van der Waals surface area (Å²) in [5.74, 6) is 0.0546. The third kappa shape index (κ3) is 3.58. The maximum atomic E-state index is 11.9. The lowest BCUT2D eigenvalue weighted by Gasteiger charge is -2.09. The highest BCUT2D eigenvalue weighted by molar-refractivity contribution is 9.10. The van der Waals surface area contributed by atoms with Crippen molar-refractivity contribution in [2.24, 2.45) is 0 Å². The second kappa shape index (κ2) is 5.89. The Morgan fingerprint density at radius 2 is 2.00 bits per heavy atom. The van der Waals surface area contributed by atoms with Crippen LogP contribution >= 0.6 is 15.9 Å². The SMILES string of the molecule is Cc1cccc(NC(=O)Cc2cccc(O)c2)c1Br. The summed E-state index contributed by atoms with van der Waals surface area (Å²) in [6.07, 6.45) is 0.231. The van der Waals surface area contributed by atoms with E-state index < -0.39 is 0 Å². The molecule has 2 rings (SSSR count). The molecule has 0 fully saturated rings. The number of aromatic hydroxyl groups is 1. The molecular formula is C15H14BrNO2. The van der Waals surface area contributed by atoms with Gasteiger partial charge in [0.05, 0.1) is 12.1 Å². The van der Waals surface area contributed by atoms with Crippen molar-refractivity contribution in [3.8, 4) is 5.75 Å². The number of aryl methyl sites for hydroxylation is 1. The summed E-state index contributed by atoms with van der Waals surface area (Å²) in [4.78, 5) is 11.9. The maximum Gasteiger partial charge on any atom is 0.228 e. The topological polar surface area (TPSA) is 49.3 Å². The van der Waals surface area contributed by atoms with Crippen LogP contribution in [0.3, 0.4) is 0 Å². The molecule has 0 bridgehead atoms. The van der Waals surface area contributed by atoms with Crippen molar-refractivity contribution in [2.45, 2.75) is 13.3 Å². The van der Waals surface area contributed by atoms with Crippen LogP contribution in [0.15, 0.2) is 46.9 Å². The summed E-state index contributed by atoms with van der Waals surface area (Å²) in [6.45, 7) is 1.97. The van der Waals surface area contributed by atoms with Gasteiger partial charge in [-0.1, -0.05) is 24.3 Å². The molecule has 0 aliphatic carbocycles. The minimum Gasteiger partial charge on any atom is -0.508 e. The highest BCUT2D eigenvalue weighted by Gasteiger charge is 2.08. The first-order chi connectivity index (χ1) is 9.06. The molecular weight excluding hydrogens is 306 g/mol. The van der Waals surface area contributed by atoms with Gasteiger partial charge in [-0.25, -0.2) is 0 Å². The van der Waals surface area contributed by atoms with E-state index in [0.717, 1.165) is 21.3 Å². The number of hydrogen-bond donors (Lipinski definition) is 2. The summed E-state index contributed by atoms with van der Waals surface area (Å²) in [5, 5.41) is 12.2. The van der Waals surface area contributed by atoms with Crippen LogP contribution in [0.5, 0.6) is 5.75 Å². The average molecular weight is 320 g/mol. The zero-order valence-corrected chi connectivity index (χ0v) is 12.1. The monoisotopic (exact) mass is 319 g/mol. The first-order valence-corrected chi connectivity index (χ1v) is 6.68. The summed E-state index contributed by atoms with van der Waals surface area (Å²) in [6, 6.07) is 12.4. The smallest absolute Gasteiger partial charge is 0.228 e. The summed E-state index contributed by atoms with van der Waals surface area (Å²) in [7, 11) is 0. The van der Waals surface area contributed by atoms with Gasteiger partial charge in [0.2, 0.25) is 5.91 Å². The third-order valence-corrected chi connectivity index (χ3v) is 3.79. The van der Waals surface area contributed by atoms with Gasteiger partial charge < -0.3 is 10.4 Å². The number of phenolic OH excluding ortho intramolecular Hbond substituents is 1. The number of halogens is 1. The molecule has 4 heteroatoms. The van der Waals surface area contributed by atoms with Gasteiger partial charge in [0.15, 0.2) is 0 Å².